The van der Waals surface area contributed by atoms with E-state index in [-0.39, 0.29) is 23.7 Å². The number of nitrogens with zero attached hydrogens (tertiary/aromatic N) is 2. The molecule has 0 saturated heterocycles. The van der Waals surface area contributed by atoms with E-state index in [0.717, 1.165) is 12.1 Å². The lowest BCUT2D eigenvalue weighted by Gasteiger charge is -2.20. The van der Waals surface area contributed by atoms with Crippen molar-refractivity contribution in [2.24, 2.45) is 0 Å². The minimum Gasteiger partial charge on any atom is -0.350 e. The minimum atomic E-state index is -4.47. The van der Waals surface area contributed by atoms with Crippen LogP contribution in [-0.4, -0.2) is 33.7 Å². The van der Waals surface area contributed by atoms with Gasteiger partial charge in [-0.2, -0.15) is 18.3 Å². The van der Waals surface area contributed by atoms with Crippen molar-refractivity contribution in [1.29, 1.82) is 0 Å². The van der Waals surface area contributed by atoms with Crippen LogP contribution in [0.15, 0.2) is 30.5 Å². The number of carbonyl (C=O) groups excluding carboxylic acids is 2. The Labute approximate surface area is 154 Å². The highest BCUT2D eigenvalue weighted by atomic mass is 19.4. The van der Waals surface area contributed by atoms with Gasteiger partial charge >= 0.3 is 6.18 Å². The van der Waals surface area contributed by atoms with Gasteiger partial charge in [0.2, 0.25) is 5.91 Å². The average molecular weight is 382 g/mol. The number of halogens is 3. The van der Waals surface area contributed by atoms with Crippen molar-refractivity contribution in [3.8, 4) is 5.69 Å². The fourth-order valence-corrected chi connectivity index (χ4v) is 2.43. The van der Waals surface area contributed by atoms with Gasteiger partial charge in [0.05, 0.1) is 35.2 Å². The maximum Gasteiger partial charge on any atom is 0.416 e. The van der Waals surface area contributed by atoms with Crippen LogP contribution in [0.5, 0.6) is 0 Å². The first-order valence-electron chi connectivity index (χ1n) is 8.20. The summed E-state index contributed by atoms with van der Waals surface area (Å²) < 4.78 is 39.9. The van der Waals surface area contributed by atoms with E-state index in [1.165, 1.54) is 23.0 Å². The second kappa shape index (κ2) is 7.42. The Morgan fingerprint density at radius 1 is 1.19 bits per heavy atom. The first kappa shape index (κ1) is 20.5. The maximum absolute atomic E-state index is 12.9. The lowest BCUT2D eigenvalue weighted by molar-refractivity contribution is -0.137. The second-order valence-electron chi connectivity index (χ2n) is 7.08. The van der Waals surface area contributed by atoms with E-state index >= 15 is 0 Å². The highest BCUT2D eigenvalue weighted by Gasteiger charge is 2.30. The molecule has 1 aromatic heterocycles. The molecule has 0 aliphatic heterocycles. The fourth-order valence-electron chi connectivity index (χ4n) is 2.43. The molecular formula is C18H21F3N4O2. The van der Waals surface area contributed by atoms with Crippen LogP contribution in [0.2, 0.25) is 0 Å². The molecule has 0 spiro atoms. The van der Waals surface area contributed by atoms with Gasteiger partial charge in [-0.1, -0.05) is 6.07 Å². The lowest BCUT2D eigenvalue weighted by atomic mass is 10.1. The van der Waals surface area contributed by atoms with E-state index in [9.17, 15) is 22.8 Å². The normalized spacial score (nSPS) is 12.0. The Balaban J connectivity index is 2.15. The van der Waals surface area contributed by atoms with Crippen molar-refractivity contribution in [2.75, 3.05) is 6.54 Å². The largest absolute Gasteiger partial charge is 0.416 e. The summed E-state index contributed by atoms with van der Waals surface area (Å²) in [6, 6.07) is 4.66. The molecule has 0 radical (unpaired) electrons. The summed E-state index contributed by atoms with van der Waals surface area (Å²) in [5.41, 5.74) is -0.503. The predicted octanol–water partition coefficient (Wildman–Crippen LogP) is 2.84. The topological polar surface area (TPSA) is 76.0 Å². The molecule has 2 N–H and O–H groups in total. The number of amides is 2. The Hall–Kier alpha value is -2.84. The molecule has 9 heteroatoms. The van der Waals surface area contributed by atoms with Crippen LogP contribution in [0.25, 0.3) is 5.69 Å². The van der Waals surface area contributed by atoms with Crippen molar-refractivity contribution in [2.45, 2.75) is 39.4 Å². The molecule has 1 aromatic carbocycles. The van der Waals surface area contributed by atoms with E-state index in [2.05, 4.69) is 15.7 Å². The van der Waals surface area contributed by atoms with Crippen LogP contribution in [0.1, 0.15) is 42.4 Å². The van der Waals surface area contributed by atoms with E-state index in [4.69, 9.17) is 0 Å². The predicted molar refractivity (Wildman–Crippen MR) is 93.5 cm³/mol. The smallest absolute Gasteiger partial charge is 0.350 e. The zero-order valence-corrected chi connectivity index (χ0v) is 15.4. The molecular weight excluding hydrogens is 361 g/mol. The van der Waals surface area contributed by atoms with Gasteiger partial charge in [-0.25, -0.2) is 4.68 Å². The third-order valence-corrected chi connectivity index (χ3v) is 3.60. The van der Waals surface area contributed by atoms with Crippen LogP contribution >= 0.6 is 0 Å². The van der Waals surface area contributed by atoms with Crippen molar-refractivity contribution in [1.82, 2.24) is 20.4 Å². The quantitative estimate of drug-likeness (QED) is 0.854. The van der Waals surface area contributed by atoms with Gasteiger partial charge in [-0.3, -0.25) is 9.59 Å². The van der Waals surface area contributed by atoms with E-state index in [1.54, 1.807) is 6.92 Å². The maximum atomic E-state index is 12.9. The molecule has 0 atom stereocenters. The molecule has 0 saturated carbocycles. The summed E-state index contributed by atoms with van der Waals surface area (Å²) in [6.45, 7) is 6.80. The van der Waals surface area contributed by atoms with Crippen LogP contribution < -0.4 is 10.6 Å². The summed E-state index contributed by atoms with van der Waals surface area (Å²) in [4.78, 5) is 24.1. The van der Waals surface area contributed by atoms with Gasteiger partial charge in [0.1, 0.15) is 0 Å². The van der Waals surface area contributed by atoms with Crippen LogP contribution in [-0.2, 0) is 11.0 Å². The Kier molecular flexibility index (Phi) is 5.62. The second-order valence-corrected chi connectivity index (χ2v) is 7.08. The first-order chi connectivity index (χ1) is 12.4. The number of alkyl halides is 3. The van der Waals surface area contributed by atoms with E-state index < -0.39 is 23.2 Å². The number of hydrogen-bond donors (Lipinski definition) is 2. The van der Waals surface area contributed by atoms with Gasteiger partial charge in [0.25, 0.3) is 5.91 Å². The van der Waals surface area contributed by atoms with Crippen molar-refractivity contribution < 1.29 is 22.8 Å². The molecule has 0 aliphatic rings. The van der Waals surface area contributed by atoms with Crippen LogP contribution in [0, 0.1) is 6.92 Å². The molecule has 2 rings (SSSR count). The number of benzene rings is 1. The Bertz CT molecular complexity index is 851. The summed E-state index contributed by atoms with van der Waals surface area (Å²) in [5.74, 6) is -0.881. The van der Waals surface area contributed by atoms with Crippen molar-refractivity contribution in [3.05, 3.63) is 47.3 Å². The number of carbonyl (C=O) groups is 2. The molecule has 27 heavy (non-hydrogen) atoms. The highest BCUT2D eigenvalue weighted by molar-refractivity contribution is 5.97. The highest BCUT2D eigenvalue weighted by Crippen LogP contribution is 2.30. The van der Waals surface area contributed by atoms with Crippen LogP contribution in [0.3, 0.4) is 0 Å². The molecule has 0 fully saturated rings. The van der Waals surface area contributed by atoms with Gasteiger partial charge in [-0.05, 0) is 45.9 Å². The molecule has 0 unspecified atom stereocenters. The Morgan fingerprint density at radius 3 is 2.44 bits per heavy atom. The zero-order chi connectivity index (χ0) is 20.4. The fraction of sp³-hybridized carbons (Fsp3) is 0.389. The van der Waals surface area contributed by atoms with Gasteiger partial charge in [-0.15, -0.1) is 0 Å². The van der Waals surface area contributed by atoms with Gasteiger partial charge in [0.15, 0.2) is 0 Å². The minimum absolute atomic E-state index is 0.177. The molecule has 146 valence electrons. The van der Waals surface area contributed by atoms with Gasteiger partial charge < -0.3 is 10.6 Å². The third-order valence-electron chi connectivity index (χ3n) is 3.60. The first-order valence-corrected chi connectivity index (χ1v) is 8.20. The summed E-state index contributed by atoms with van der Waals surface area (Å²) in [6.07, 6.45) is -3.22. The summed E-state index contributed by atoms with van der Waals surface area (Å²) in [5, 5.41) is 9.19. The summed E-state index contributed by atoms with van der Waals surface area (Å²) >= 11 is 0. The Morgan fingerprint density at radius 2 is 1.85 bits per heavy atom. The zero-order valence-electron chi connectivity index (χ0n) is 15.4. The molecule has 2 aromatic rings. The molecule has 1 heterocycles. The SMILES string of the molecule is Cc1c(C(=O)NCC(=O)NC(C)(C)C)cnn1-c1cccc(C(F)(F)F)c1. The van der Waals surface area contributed by atoms with Gasteiger partial charge in [0, 0.05) is 5.54 Å². The van der Waals surface area contributed by atoms with Crippen molar-refractivity contribution >= 4 is 11.8 Å². The molecule has 6 nitrogen and oxygen atoms in total. The number of hydrogen-bond acceptors (Lipinski definition) is 3. The van der Waals surface area contributed by atoms with Crippen LogP contribution in [0.4, 0.5) is 13.2 Å². The molecule has 0 aliphatic carbocycles. The standard InChI is InChI=1S/C18H21F3N4O2/c1-11-14(16(27)22-10-15(26)24-17(2,3)4)9-23-25(11)13-7-5-6-12(8-13)18(19,20)21/h5-9H,10H2,1-4H3,(H,22,27)(H,24,26). The average Bonchev–Trinajstić information content (AvgIpc) is 2.92. The number of aromatic nitrogens is 2. The van der Waals surface area contributed by atoms with Crippen molar-refractivity contribution in [3.63, 3.8) is 0 Å². The number of nitrogens with one attached hydrogen (secondary N) is 2. The number of rotatable bonds is 4. The van der Waals surface area contributed by atoms with E-state index in [0.29, 0.717) is 5.69 Å². The summed E-state index contributed by atoms with van der Waals surface area (Å²) in [7, 11) is 0. The molecule has 2 amide bonds. The van der Waals surface area contributed by atoms with E-state index in [1.807, 2.05) is 20.8 Å². The molecule has 0 bridgehead atoms. The third kappa shape index (κ3) is 5.32. The lowest BCUT2D eigenvalue weighted by Crippen LogP contribution is -2.45. The monoisotopic (exact) mass is 382 g/mol.